The SMILES string of the molecule is [O]CCC(F)(F)C(F)(F)C(F)(F)C(F)(F)C(F)(F)C(F)(F)C(F)(F)F. The van der Waals surface area contributed by atoms with Crippen molar-refractivity contribution in [1.29, 1.82) is 0 Å². The van der Waals surface area contributed by atoms with E-state index < -0.39 is 54.7 Å². The number of halogens is 15. The summed E-state index contributed by atoms with van der Waals surface area (Å²) >= 11 is 0. The third-order valence-corrected chi connectivity index (χ3v) is 2.81. The molecule has 16 heteroatoms. The Bertz CT molecular complexity index is 476. The lowest BCUT2D eigenvalue weighted by Gasteiger charge is -2.41. The van der Waals surface area contributed by atoms with Gasteiger partial charge in [0.05, 0.1) is 6.61 Å². The first-order valence-corrected chi connectivity index (χ1v) is 5.48. The molecule has 0 aliphatic heterocycles. The molecule has 0 amide bonds. The van der Waals surface area contributed by atoms with Crippen LogP contribution >= 0.6 is 0 Å². The lowest BCUT2D eigenvalue weighted by molar-refractivity contribution is -0.452. The molecule has 25 heavy (non-hydrogen) atoms. The van der Waals surface area contributed by atoms with Gasteiger partial charge in [0.2, 0.25) is 0 Å². The van der Waals surface area contributed by atoms with Gasteiger partial charge in [-0.1, -0.05) is 0 Å². The topological polar surface area (TPSA) is 19.9 Å². The van der Waals surface area contributed by atoms with Crippen molar-refractivity contribution >= 4 is 0 Å². The fourth-order valence-electron chi connectivity index (χ4n) is 1.28. The number of alkyl halides is 15. The van der Waals surface area contributed by atoms with Gasteiger partial charge in [-0.3, -0.25) is 0 Å². The predicted molar refractivity (Wildman–Crippen MR) is 45.9 cm³/mol. The molecule has 151 valence electrons. The van der Waals surface area contributed by atoms with E-state index in [-0.39, 0.29) is 0 Å². The van der Waals surface area contributed by atoms with E-state index in [2.05, 4.69) is 0 Å². The van der Waals surface area contributed by atoms with Crippen LogP contribution in [0.15, 0.2) is 0 Å². The van der Waals surface area contributed by atoms with Crippen LogP contribution in [0.3, 0.4) is 0 Å². The van der Waals surface area contributed by atoms with E-state index in [1.807, 2.05) is 0 Å². The summed E-state index contributed by atoms with van der Waals surface area (Å²) in [5.41, 5.74) is 0. The van der Waals surface area contributed by atoms with Crippen LogP contribution in [-0.2, 0) is 5.11 Å². The van der Waals surface area contributed by atoms with Gasteiger partial charge in [0.1, 0.15) is 0 Å². The Labute approximate surface area is 127 Å². The Hall–Kier alpha value is -1.09. The van der Waals surface area contributed by atoms with Crippen molar-refractivity contribution in [3.8, 4) is 0 Å². The average Bonchev–Trinajstić information content (AvgIpc) is 2.35. The first-order valence-electron chi connectivity index (χ1n) is 5.48. The van der Waals surface area contributed by atoms with Crippen LogP contribution < -0.4 is 0 Å². The van der Waals surface area contributed by atoms with Crippen LogP contribution in [-0.4, -0.2) is 48.3 Å². The number of hydrogen-bond acceptors (Lipinski definition) is 0. The molecule has 0 atom stereocenters. The molecule has 0 aromatic heterocycles. The predicted octanol–water partition coefficient (Wildman–Crippen LogP) is 5.18. The molecule has 0 aliphatic rings. The van der Waals surface area contributed by atoms with Crippen LogP contribution in [0.25, 0.3) is 0 Å². The zero-order valence-corrected chi connectivity index (χ0v) is 11.0. The fourth-order valence-corrected chi connectivity index (χ4v) is 1.28. The van der Waals surface area contributed by atoms with Crippen molar-refractivity contribution < 1.29 is 71.0 Å². The molecular formula is C9H4F15O. The zero-order valence-electron chi connectivity index (χ0n) is 11.0. The second-order valence-corrected chi connectivity index (χ2v) is 4.53. The lowest BCUT2D eigenvalue weighted by Crippen LogP contribution is -2.72. The largest absolute Gasteiger partial charge is 0.460 e. The summed E-state index contributed by atoms with van der Waals surface area (Å²) < 4.78 is 188. The minimum atomic E-state index is -8.30. The molecule has 0 bridgehead atoms. The molecule has 0 spiro atoms. The summed E-state index contributed by atoms with van der Waals surface area (Å²) in [7, 11) is 0. The van der Waals surface area contributed by atoms with Crippen molar-refractivity contribution in [3.63, 3.8) is 0 Å². The molecule has 0 saturated heterocycles. The van der Waals surface area contributed by atoms with Crippen molar-refractivity contribution in [1.82, 2.24) is 0 Å². The minimum Gasteiger partial charge on any atom is -0.236 e. The Kier molecular flexibility index (Phi) is 5.71. The zero-order chi connectivity index (χ0) is 20.9. The normalized spacial score (nSPS) is 16.3. The molecule has 0 unspecified atom stereocenters. The van der Waals surface area contributed by atoms with E-state index >= 15 is 0 Å². The van der Waals surface area contributed by atoms with Crippen LogP contribution in [0.2, 0.25) is 0 Å². The van der Waals surface area contributed by atoms with E-state index in [4.69, 9.17) is 0 Å². The second-order valence-electron chi connectivity index (χ2n) is 4.53. The van der Waals surface area contributed by atoms with Crippen molar-refractivity contribution in [2.45, 2.75) is 48.1 Å². The summed E-state index contributed by atoms with van der Waals surface area (Å²) in [4.78, 5) is 0. The van der Waals surface area contributed by atoms with E-state index in [1.165, 1.54) is 0 Å². The van der Waals surface area contributed by atoms with E-state index in [1.54, 1.807) is 0 Å². The molecule has 0 aromatic carbocycles. The monoisotopic (exact) mass is 413 g/mol. The summed E-state index contributed by atoms with van der Waals surface area (Å²) in [5.74, 6) is -46.6. The highest BCUT2D eigenvalue weighted by atomic mass is 19.4. The maximum atomic E-state index is 12.9. The molecule has 1 radical (unpaired) electrons. The van der Waals surface area contributed by atoms with Crippen molar-refractivity contribution in [2.24, 2.45) is 0 Å². The summed E-state index contributed by atoms with van der Waals surface area (Å²) in [6.45, 7) is -2.32. The van der Waals surface area contributed by atoms with Crippen LogP contribution in [0, 0.1) is 0 Å². The maximum Gasteiger partial charge on any atom is 0.460 e. The number of hydrogen-bond donors (Lipinski definition) is 0. The van der Waals surface area contributed by atoms with Gasteiger partial charge in [-0.2, -0.15) is 65.9 Å². The summed E-state index contributed by atoms with van der Waals surface area (Å²) in [6, 6.07) is 0. The van der Waals surface area contributed by atoms with Crippen LogP contribution in [0.1, 0.15) is 6.42 Å². The molecule has 0 N–H and O–H groups in total. The molecule has 0 fully saturated rings. The molecule has 0 rings (SSSR count). The standard InChI is InChI=1S/C9H4F15O/c10-3(11,1-2-25)4(12,13)5(14,15)6(16,17)7(18,19)8(20,21)9(22,23)24/h1-2H2. The van der Waals surface area contributed by atoms with Gasteiger partial charge in [0, 0.05) is 6.42 Å². The van der Waals surface area contributed by atoms with Gasteiger partial charge in [-0.15, -0.1) is 0 Å². The van der Waals surface area contributed by atoms with Gasteiger partial charge < -0.3 is 0 Å². The van der Waals surface area contributed by atoms with Gasteiger partial charge in [-0.05, 0) is 0 Å². The second kappa shape index (κ2) is 5.97. The third-order valence-electron chi connectivity index (χ3n) is 2.81. The summed E-state index contributed by atoms with van der Waals surface area (Å²) in [5, 5.41) is 9.79. The van der Waals surface area contributed by atoms with E-state index in [0.717, 1.165) is 0 Å². The van der Waals surface area contributed by atoms with Crippen molar-refractivity contribution in [3.05, 3.63) is 0 Å². The van der Waals surface area contributed by atoms with E-state index in [9.17, 15) is 71.0 Å². The smallest absolute Gasteiger partial charge is 0.236 e. The first kappa shape index (κ1) is 23.9. The van der Waals surface area contributed by atoms with E-state index in [0.29, 0.717) is 0 Å². The maximum absolute atomic E-state index is 12.9. The highest BCUT2D eigenvalue weighted by Crippen LogP contribution is 2.62. The lowest BCUT2D eigenvalue weighted by atomic mass is 9.90. The van der Waals surface area contributed by atoms with Gasteiger partial charge in [-0.25, -0.2) is 5.11 Å². The van der Waals surface area contributed by atoms with Gasteiger partial charge in [0.15, 0.2) is 0 Å². The first-order chi connectivity index (χ1) is 10.6. The Morgan fingerprint density at radius 1 is 0.440 bits per heavy atom. The third kappa shape index (κ3) is 3.09. The molecular weight excluding hydrogens is 409 g/mol. The highest BCUT2D eigenvalue weighted by Gasteiger charge is 2.93. The Balaban J connectivity index is 6.40. The van der Waals surface area contributed by atoms with Crippen LogP contribution in [0.5, 0.6) is 0 Å². The molecule has 0 saturated carbocycles. The highest BCUT2D eigenvalue weighted by molar-refractivity contribution is 5.12. The molecule has 1 nitrogen and oxygen atoms in total. The summed E-state index contributed by atoms with van der Waals surface area (Å²) in [6.07, 6.45) is -10.4. The minimum absolute atomic E-state index is 2.32. The van der Waals surface area contributed by atoms with Gasteiger partial charge in [0.25, 0.3) is 0 Å². The fraction of sp³-hybridized carbons (Fsp3) is 1.00. The molecule has 0 heterocycles. The number of rotatable bonds is 7. The quantitative estimate of drug-likeness (QED) is 0.513. The van der Waals surface area contributed by atoms with Crippen molar-refractivity contribution in [2.75, 3.05) is 6.61 Å². The Morgan fingerprint density at radius 2 is 0.720 bits per heavy atom. The molecule has 0 aromatic rings. The van der Waals surface area contributed by atoms with Crippen LogP contribution in [0.4, 0.5) is 65.9 Å². The average molecular weight is 413 g/mol. The van der Waals surface area contributed by atoms with Gasteiger partial charge >= 0.3 is 41.7 Å². The molecule has 0 aliphatic carbocycles. The Morgan fingerprint density at radius 3 is 1.00 bits per heavy atom.